The summed E-state index contributed by atoms with van der Waals surface area (Å²) in [6.45, 7) is 0.224. The predicted molar refractivity (Wildman–Crippen MR) is 104 cm³/mol. The Kier molecular flexibility index (Phi) is 4.57. The second-order valence-corrected chi connectivity index (χ2v) is 6.64. The van der Waals surface area contributed by atoms with Gasteiger partial charge in [0.2, 0.25) is 5.91 Å². The van der Waals surface area contributed by atoms with Gasteiger partial charge in [-0.2, -0.15) is 5.10 Å². The van der Waals surface area contributed by atoms with Crippen LogP contribution in [0.15, 0.2) is 54.7 Å². The lowest BCUT2D eigenvalue weighted by Gasteiger charge is -2.24. The third-order valence-corrected chi connectivity index (χ3v) is 4.71. The summed E-state index contributed by atoms with van der Waals surface area (Å²) < 4.78 is 7.12. The molecule has 1 N–H and O–H groups in total. The molecular formula is C21H16ClN3O2. The summed E-state index contributed by atoms with van der Waals surface area (Å²) in [6.07, 6.45) is 7.37. The molecule has 1 aliphatic heterocycles. The molecule has 5 nitrogen and oxygen atoms in total. The van der Waals surface area contributed by atoms with Crippen molar-refractivity contribution in [1.29, 1.82) is 0 Å². The van der Waals surface area contributed by atoms with Gasteiger partial charge < -0.3 is 10.1 Å². The molecular weight excluding hydrogens is 362 g/mol. The summed E-state index contributed by atoms with van der Waals surface area (Å²) >= 11 is 6.10. The number of aromatic nitrogens is 2. The van der Waals surface area contributed by atoms with Crippen LogP contribution in [-0.2, 0) is 4.79 Å². The monoisotopic (exact) mass is 377 g/mol. The molecule has 0 aliphatic carbocycles. The minimum atomic E-state index is -0.0802. The zero-order valence-corrected chi connectivity index (χ0v) is 15.1. The first-order chi connectivity index (χ1) is 13.2. The van der Waals surface area contributed by atoms with E-state index in [1.165, 1.54) is 0 Å². The molecule has 1 unspecified atom stereocenters. The Morgan fingerprint density at radius 1 is 1.30 bits per heavy atom. The van der Waals surface area contributed by atoms with E-state index < -0.39 is 0 Å². The SMILES string of the molecule is C#CCOc1ccc(C2CC(=O)Nc3c2cnn3-c2cccc(Cl)c2)cc1. The highest BCUT2D eigenvalue weighted by molar-refractivity contribution is 6.30. The number of carbonyl (C=O) groups is 1. The molecule has 3 aromatic rings. The van der Waals surface area contributed by atoms with Crippen molar-refractivity contribution in [3.8, 4) is 23.8 Å². The second-order valence-electron chi connectivity index (χ2n) is 6.21. The van der Waals surface area contributed by atoms with Gasteiger partial charge in [-0.25, -0.2) is 4.68 Å². The Hall–Kier alpha value is -3.23. The summed E-state index contributed by atoms with van der Waals surface area (Å²) in [6, 6.07) is 15.0. The first kappa shape index (κ1) is 17.2. The van der Waals surface area contributed by atoms with Gasteiger partial charge in [0.25, 0.3) is 0 Å². The fraction of sp³-hybridized carbons (Fsp3) is 0.143. The van der Waals surface area contributed by atoms with Crippen molar-refractivity contribution >= 4 is 23.3 Å². The van der Waals surface area contributed by atoms with Gasteiger partial charge in [0.1, 0.15) is 18.2 Å². The number of fused-ring (bicyclic) bond motifs is 1. The first-order valence-electron chi connectivity index (χ1n) is 8.45. The summed E-state index contributed by atoms with van der Waals surface area (Å²) in [7, 11) is 0. The molecule has 0 saturated heterocycles. The predicted octanol–water partition coefficient (Wildman–Crippen LogP) is 4.01. The minimum Gasteiger partial charge on any atom is -0.481 e. The number of carbonyl (C=O) groups excluding carboxylic acids is 1. The minimum absolute atomic E-state index is 0.0519. The molecule has 1 aliphatic rings. The van der Waals surface area contributed by atoms with Crippen LogP contribution in [0.1, 0.15) is 23.5 Å². The maximum absolute atomic E-state index is 12.3. The Balaban J connectivity index is 1.70. The Labute approximate surface area is 161 Å². The number of nitrogens with one attached hydrogen (secondary N) is 1. The molecule has 2 heterocycles. The standard InChI is InChI=1S/C21H16ClN3O2/c1-2-10-27-17-8-6-14(7-9-17)18-12-20(26)24-21-19(18)13-23-25(21)16-5-3-4-15(22)11-16/h1,3-9,11,13,18H,10,12H2,(H,24,26). The van der Waals surface area contributed by atoms with Crippen molar-refractivity contribution in [2.75, 3.05) is 11.9 Å². The molecule has 0 spiro atoms. The van der Waals surface area contributed by atoms with Crippen molar-refractivity contribution in [3.63, 3.8) is 0 Å². The largest absolute Gasteiger partial charge is 0.481 e. The molecule has 1 atom stereocenters. The number of hydrogen-bond donors (Lipinski definition) is 1. The topological polar surface area (TPSA) is 56.1 Å². The van der Waals surface area contributed by atoms with Crippen LogP contribution >= 0.6 is 11.6 Å². The summed E-state index contributed by atoms with van der Waals surface area (Å²) in [4.78, 5) is 12.3. The number of halogens is 1. The maximum Gasteiger partial charge on any atom is 0.226 e. The van der Waals surface area contributed by atoms with Crippen molar-refractivity contribution in [2.24, 2.45) is 0 Å². The average molecular weight is 378 g/mol. The Morgan fingerprint density at radius 2 is 2.11 bits per heavy atom. The second kappa shape index (κ2) is 7.18. The maximum atomic E-state index is 12.3. The van der Waals surface area contributed by atoms with Crippen LogP contribution in [0.25, 0.3) is 5.69 Å². The lowest BCUT2D eigenvalue weighted by atomic mass is 9.87. The number of hydrogen-bond acceptors (Lipinski definition) is 3. The van der Waals surface area contributed by atoms with E-state index >= 15 is 0 Å². The zero-order valence-electron chi connectivity index (χ0n) is 14.4. The van der Waals surface area contributed by atoms with Crippen molar-refractivity contribution in [3.05, 3.63) is 70.9 Å². The summed E-state index contributed by atoms with van der Waals surface area (Å²) in [5.41, 5.74) is 2.78. The van der Waals surface area contributed by atoms with E-state index in [4.69, 9.17) is 22.8 Å². The number of anilines is 1. The molecule has 0 saturated carbocycles. The van der Waals surface area contributed by atoms with Gasteiger partial charge in [-0.3, -0.25) is 4.79 Å². The highest BCUT2D eigenvalue weighted by Crippen LogP contribution is 2.38. The van der Waals surface area contributed by atoms with Crippen LogP contribution < -0.4 is 10.1 Å². The molecule has 6 heteroatoms. The van der Waals surface area contributed by atoms with Gasteiger partial charge in [-0.15, -0.1) is 6.42 Å². The average Bonchev–Trinajstić information content (AvgIpc) is 3.10. The van der Waals surface area contributed by atoms with E-state index in [1.807, 2.05) is 42.5 Å². The Morgan fingerprint density at radius 3 is 2.85 bits per heavy atom. The van der Waals surface area contributed by atoms with Gasteiger partial charge in [-0.05, 0) is 35.9 Å². The van der Waals surface area contributed by atoms with E-state index in [0.29, 0.717) is 23.0 Å². The molecule has 27 heavy (non-hydrogen) atoms. The highest BCUT2D eigenvalue weighted by atomic mass is 35.5. The van der Waals surface area contributed by atoms with E-state index in [0.717, 1.165) is 16.8 Å². The number of benzene rings is 2. The lowest BCUT2D eigenvalue weighted by molar-refractivity contribution is -0.116. The van der Waals surface area contributed by atoms with E-state index in [1.54, 1.807) is 16.9 Å². The molecule has 2 aromatic carbocycles. The third-order valence-electron chi connectivity index (χ3n) is 4.48. The molecule has 134 valence electrons. The molecule has 0 radical (unpaired) electrons. The molecule has 4 rings (SSSR count). The van der Waals surface area contributed by atoms with Crippen LogP contribution in [0, 0.1) is 12.3 Å². The van der Waals surface area contributed by atoms with Gasteiger partial charge in [0.05, 0.1) is 11.9 Å². The first-order valence-corrected chi connectivity index (χ1v) is 8.83. The highest BCUT2D eigenvalue weighted by Gasteiger charge is 2.30. The summed E-state index contributed by atoms with van der Waals surface area (Å²) in [5, 5.41) is 8.02. The van der Waals surface area contributed by atoms with E-state index in [-0.39, 0.29) is 18.4 Å². The normalized spacial score (nSPS) is 15.6. The van der Waals surface area contributed by atoms with Crippen molar-refractivity contribution in [2.45, 2.75) is 12.3 Å². The van der Waals surface area contributed by atoms with Gasteiger partial charge in [0.15, 0.2) is 0 Å². The Bertz CT molecular complexity index is 1030. The molecule has 0 fully saturated rings. The van der Waals surface area contributed by atoms with Gasteiger partial charge >= 0.3 is 0 Å². The molecule has 1 aromatic heterocycles. The lowest BCUT2D eigenvalue weighted by Crippen LogP contribution is -2.24. The quantitative estimate of drug-likeness (QED) is 0.699. The molecule has 0 bridgehead atoms. The fourth-order valence-electron chi connectivity index (χ4n) is 3.24. The van der Waals surface area contributed by atoms with Crippen LogP contribution in [0.3, 0.4) is 0 Å². The van der Waals surface area contributed by atoms with Crippen LogP contribution in [-0.4, -0.2) is 22.3 Å². The number of amides is 1. The van der Waals surface area contributed by atoms with Gasteiger partial charge in [-0.1, -0.05) is 35.7 Å². The van der Waals surface area contributed by atoms with Crippen molar-refractivity contribution in [1.82, 2.24) is 9.78 Å². The number of ether oxygens (including phenoxy) is 1. The van der Waals surface area contributed by atoms with Crippen LogP contribution in [0.5, 0.6) is 5.75 Å². The number of terminal acetylenes is 1. The smallest absolute Gasteiger partial charge is 0.226 e. The third kappa shape index (κ3) is 3.40. The number of rotatable bonds is 4. The van der Waals surface area contributed by atoms with E-state index in [9.17, 15) is 4.79 Å². The fourth-order valence-corrected chi connectivity index (χ4v) is 3.43. The van der Waals surface area contributed by atoms with Crippen LogP contribution in [0.4, 0.5) is 5.82 Å². The zero-order chi connectivity index (χ0) is 18.8. The van der Waals surface area contributed by atoms with Crippen molar-refractivity contribution < 1.29 is 9.53 Å². The van der Waals surface area contributed by atoms with Gasteiger partial charge in [0, 0.05) is 22.9 Å². The number of nitrogens with zero attached hydrogens (tertiary/aromatic N) is 2. The van der Waals surface area contributed by atoms with E-state index in [2.05, 4.69) is 16.3 Å². The molecule has 1 amide bonds. The summed E-state index contributed by atoms with van der Waals surface area (Å²) in [5.74, 6) is 3.68. The van der Waals surface area contributed by atoms with Crippen LogP contribution in [0.2, 0.25) is 5.02 Å².